The molecule has 82 valence electrons. The Hall–Kier alpha value is -1.86. The average Bonchev–Trinajstić information content (AvgIpc) is 2.27. The van der Waals surface area contributed by atoms with Crippen LogP contribution in [0.4, 0.5) is 5.69 Å². The van der Waals surface area contributed by atoms with Gasteiger partial charge in [0.2, 0.25) is 5.91 Å². The van der Waals surface area contributed by atoms with Gasteiger partial charge in [-0.15, -0.1) is 11.6 Å². The third-order valence-electron chi connectivity index (χ3n) is 1.89. The van der Waals surface area contributed by atoms with Gasteiger partial charge in [-0.2, -0.15) is 5.26 Å². The van der Waals surface area contributed by atoms with Gasteiger partial charge in [0.05, 0.1) is 17.1 Å². The summed E-state index contributed by atoms with van der Waals surface area (Å²) >= 11 is 5.40. The van der Waals surface area contributed by atoms with Crippen LogP contribution < -0.4 is 5.32 Å². The number of ketones is 1. The Balaban J connectivity index is 3.12. The minimum atomic E-state index is -0.270. The van der Waals surface area contributed by atoms with Crippen LogP contribution in [-0.4, -0.2) is 17.6 Å². The van der Waals surface area contributed by atoms with Crippen molar-refractivity contribution < 1.29 is 9.59 Å². The Labute approximate surface area is 97.8 Å². The van der Waals surface area contributed by atoms with E-state index in [-0.39, 0.29) is 23.1 Å². The second-order valence-corrected chi connectivity index (χ2v) is 3.38. The number of anilines is 1. The number of alkyl halides is 1. The number of benzene rings is 1. The third kappa shape index (κ3) is 2.81. The highest BCUT2D eigenvalue weighted by Gasteiger charge is 2.09. The molecule has 0 atom stereocenters. The van der Waals surface area contributed by atoms with Crippen molar-refractivity contribution in [2.45, 2.75) is 6.92 Å². The average molecular weight is 237 g/mol. The first-order chi connectivity index (χ1) is 7.58. The minimum Gasteiger partial charge on any atom is -0.325 e. The monoisotopic (exact) mass is 236 g/mol. The van der Waals surface area contributed by atoms with Gasteiger partial charge in [-0.1, -0.05) is 0 Å². The van der Waals surface area contributed by atoms with E-state index in [1.54, 1.807) is 0 Å². The van der Waals surface area contributed by atoms with E-state index in [9.17, 15) is 9.59 Å². The van der Waals surface area contributed by atoms with Crippen molar-refractivity contribution in [2.24, 2.45) is 0 Å². The molecule has 1 aromatic rings. The summed E-state index contributed by atoms with van der Waals surface area (Å²) in [6.07, 6.45) is 0. The van der Waals surface area contributed by atoms with Gasteiger partial charge in [-0.05, 0) is 18.2 Å². The van der Waals surface area contributed by atoms with Crippen molar-refractivity contribution in [1.29, 1.82) is 5.26 Å². The minimum absolute atomic E-state index is 0.135. The first-order valence-corrected chi connectivity index (χ1v) is 5.03. The van der Waals surface area contributed by atoms with Crippen LogP contribution in [0.2, 0.25) is 0 Å². The summed E-state index contributed by atoms with van der Waals surface area (Å²) in [6, 6.07) is 6.36. The first kappa shape index (κ1) is 12.2. The summed E-state index contributed by atoms with van der Waals surface area (Å²) in [4.78, 5) is 22.1. The number of rotatable bonds is 3. The van der Waals surface area contributed by atoms with E-state index in [2.05, 4.69) is 5.32 Å². The predicted octanol–water partition coefficient (Wildman–Crippen LogP) is 1.94. The summed E-state index contributed by atoms with van der Waals surface area (Å²) < 4.78 is 0. The first-order valence-electron chi connectivity index (χ1n) is 4.49. The number of carbonyl (C=O) groups excluding carboxylic acids is 2. The zero-order chi connectivity index (χ0) is 12.1. The lowest BCUT2D eigenvalue weighted by molar-refractivity contribution is -0.114. The van der Waals surface area contributed by atoms with Crippen molar-refractivity contribution >= 4 is 29.0 Å². The summed E-state index contributed by atoms with van der Waals surface area (Å²) in [5, 5.41) is 11.4. The lowest BCUT2D eigenvalue weighted by atomic mass is 10.1. The van der Waals surface area contributed by atoms with Gasteiger partial charge in [0.25, 0.3) is 0 Å². The molecule has 0 aliphatic rings. The van der Waals surface area contributed by atoms with E-state index in [0.29, 0.717) is 11.3 Å². The molecule has 1 rings (SSSR count). The highest BCUT2D eigenvalue weighted by molar-refractivity contribution is 6.30. The van der Waals surface area contributed by atoms with Gasteiger partial charge in [0.1, 0.15) is 6.07 Å². The number of hydrogen-bond donors (Lipinski definition) is 1. The number of hydrogen-bond acceptors (Lipinski definition) is 3. The van der Waals surface area contributed by atoms with Gasteiger partial charge < -0.3 is 5.32 Å². The van der Waals surface area contributed by atoms with Crippen molar-refractivity contribution in [1.82, 2.24) is 0 Å². The summed E-state index contributed by atoms with van der Waals surface area (Å²) in [5.41, 5.74) is 0.993. The second kappa shape index (κ2) is 5.29. The van der Waals surface area contributed by atoms with Gasteiger partial charge in [0, 0.05) is 12.5 Å². The van der Waals surface area contributed by atoms with Crippen LogP contribution in [0.25, 0.3) is 0 Å². The smallest absolute Gasteiger partial charge is 0.221 e. The molecule has 0 bridgehead atoms. The molecule has 1 aromatic carbocycles. The topological polar surface area (TPSA) is 70.0 Å². The highest BCUT2D eigenvalue weighted by atomic mass is 35.5. The van der Waals surface area contributed by atoms with E-state index in [4.69, 9.17) is 16.9 Å². The van der Waals surface area contributed by atoms with Crippen LogP contribution in [-0.2, 0) is 4.79 Å². The Bertz CT molecular complexity index is 477. The molecule has 0 aromatic heterocycles. The molecule has 0 saturated carbocycles. The SMILES string of the molecule is CC(=O)Nc1ccc(C(=O)CCl)cc1C#N. The molecule has 0 radical (unpaired) electrons. The standard InChI is InChI=1S/C11H9ClN2O2/c1-7(15)14-10-3-2-8(11(16)5-12)4-9(10)6-13/h2-4H,5H2,1H3,(H,14,15). The van der Waals surface area contributed by atoms with Gasteiger partial charge in [-0.25, -0.2) is 0 Å². The van der Waals surface area contributed by atoms with E-state index in [0.717, 1.165) is 0 Å². The lowest BCUT2D eigenvalue weighted by Crippen LogP contribution is -2.08. The van der Waals surface area contributed by atoms with Crippen LogP contribution >= 0.6 is 11.6 Å². The fourth-order valence-electron chi connectivity index (χ4n) is 1.19. The fraction of sp³-hybridized carbons (Fsp3) is 0.182. The molecule has 0 unspecified atom stereocenters. The number of amides is 1. The molecule has 16 heavy (non-hydrogen) atoms. The Morgan fingerprint density at radius 3 is 2.69 bits per heavy atom. The van der Waals surface area contributed by atoms with Crippen molar-refractivity contribution in [2.75, 3.05) is 11.2 Å². The van der Waals surface area contributed by atoms with E-state index >= 15 is 0 Å². The van der Waals surface area contributed by atoms with Gasteiger partial charge in [-0.3, -0.25) is 9.59 Å². The largest absolute Gasteiger partial charge is 0.325 e. The van der Waals surface area contributed by atoms with Crippen molar-refractivity contribution in [3.63, 3.8) is 0 Å². The second-order valence-electron chi connectivity index (χ2n) is 3.11. The molecule has 0 aliphatic carbocycles. The molecule has 0 spiro atoms. The molecular formula is C11H9ClN2O2. The van der Waals surface area contributed by atoms with E-state index in [1.807, 2.05) is 6.07 Å². The van der Waals surface area contributed by atoms with Crippen LogP contribution in [0.1, 0.15) is 22.8 Å². The molecule has 0 saturated heterocycles. The summed E-state index contributed by atoms with van der Waals surface area (Å²) in [5.74, 6) is -0.662. The summed E-state index contributed by atoms with van der Waals surface area (Å²) in [7, 11) is 0. The zero-order valence-electron chi connectivity index (χ0n) is 8.58. The Morgan fingerprint density at radius 2 is 2.19 bits per heavy atom. The highest BCUT2D eigenvalue weighted by Crippen LogP contribution is 2.17. The molecular weight excluding hydrogens is 228 g/mol. The fourth-order valence-corrected chi connectivity index (χ4v) is 1.34. The molecule has 0 aliphatic heterocycles. The third-order valence-corrected chi connectivity index (χ3v) is 2.14. The van der Waals surface area contributed by atoms with Gasteiger partial charge in [0.15, 0.2) is 5.78 Å². The molecule has 0 fully saturated rings. The molecule has 1 amide bonds. The summed E-state index contributed by atoms with van der Waals surface area (Å²) in [6.45, 7) is 1.35. The Kier molecular flexibility index (Phi) is 4.03. The number of nitriles is 1. The normalized spacial score (nSPS) is 9.31. The number of nitrogens with zero attached hydrogens (tertiary/aromatic N) is 1. The zero-order valence-corrected chi connectivity index (χ0v) is 9.34. The molecule has 5 heteroatoms. The number of carbonyl (C=O) groups is 2. The predicted molar refractivity (Wildman–Crippen MR) is 60.5 cm³/mol. The van der Waals surface area contributed by atoms with E-state index in [1.165, 1.54) is 25.1 Å². The van der Waals surface area contributed by atoms with Crippen molar-refractivity contribution in [3.8, 4) is 6.07 Å². The van der Waals surface area contributed by atoms with Crippen LogP contribution in [0.5, 0.6) is 0 Å². The van der Waals surface area contributed by atoms with Crippen molar-refractivity contribution in [3.05, 3.63) is 29.3 Å². The van der Waals surface area contributed by atoms with Crippen LogP contribution in [0.15, 0.2) is 18.2 Å². The quantitative estimate of drug-likeness (QED) is 0.644. The molecule has 1 N–H and O–H groups in total. The Morgan fingerprint density at radius 1 is 1.50 bits per heavy atom. The molecule has 4 nitrogen and oxygen atoms in total. The maximum atomic E-state index is 11.3. The van der Waals surface area contributed by atoms with Gasteiger partial charge >= 0.3 is 0 Å². The number of halogens is 1. The van der Waals surface area contributed by atoms with E-state index < -0.39 is 0 Å². The number of Topliss-reactive ketones (excluding diaryl/α,β-unsaturated/α-hetero) is 1. The number of nitrogens with one attached hydrogen (secondary N) is 1. The maximum Gasteiger partial charge on any atom is 0.221 e. The lowest BCUT2D eigenvalue weighted by Gasteiger charge is -2.05. The maximum absolute atomic E-state index is 11.3. The van der Waals surface area contributed by atoms with Crippen LogP contribution in [0.3, 0.4) is 0 Å². The molecule has 0 heterocycles. The van der Waals surface area contributed by atoms with Crippen LogP contribution in [0, 0.1) is 11.3 Å².